The molecule has 2 aromatic rings. The van der Waals surface area contributed by atoms with Crippen molar-refractivity contribution in [3.8, 4) is 5.75 Å². The van der Waals surface area contributed by atoms with Gasteiger partial charge in [-0.25, -0.2) is 0 Å². The van der Waals surface area contributed by atoms with Crippen molar-refractivity contribution < 1.29 is 14.6 Å². The van der Waals surface area contributed by atoms with Crippen molar-refractivity contribution >= 4 is 11.6 Å². The van der Waals surface area contributed by atoms with Crippen molar-refractivity contribution in [3.05, 3.63) is 51.9 Å². The molecule has 1 aliphatic heterocycles. The summed E-state index contributed by atoms with van der Waals surface area (Å²) in [6.45, 7) is 4.08. The van der Waals surface area contributed by atoms with Crippen LogP contribution in [0.15, 0.2) is 35.1 Å². The number of hydrogen-bond donors (Lipinski definition) is 1. The van der Waals surface area contributed by atoms with Crippen LogP contribution in [-0.2, 0) is 17.9 Å². The second-order valence-corrected chi connectivity index (χ2v) is 6.48. The van der Waals surface area contributed by atoms with Gasteiger partial charge in [-0.05, 0) is 31.2 Å². The summed E-state index contributed by atoms with van der Waals surface area (Å²) in [6, 6.07) is 9.28. The largest absolute Gasteiger partial charge is 0.497 e. The van der Waals surface area contributed by atoms with Crippen molar-refractivity contribution in [2.24, 2.45) is 0 Å². The molecule has 0 spiro atoms. The summed E-state index contributed by atoms with van der Waals surface area (Å²) < 4.78 is 6.66. The minimum atomic E-state index is -0.437. The summed E-state index contributed by atoms with van der Waals surface area (Å²) in [4.78, 5) is 28.3. The molecule has 0 aliphatic carbocycles. The number of amides is 1. The first kappa shape index (κ1) is 18.9. The first-order chi connectivity index (χ1) is 13.0. The van der Waals surface area contributed by atoms with Crippen LogP contribution in [0.25, 0.3) is 0 Å². The lowest BCUT2D eigenvalue weighted by atomic mass is 10.2. The maximum Gasteiger partial charge on any atom is 0.244 e. The molecule has 1 aromatic heterocycles. The number of aryl methyl sites for hydroxylation is 1. The molecule has 144 valence electrons. The fraction of sp³-hybridized carbons (Fsp3) is 0.421. The van der Waals surface area contributed by atoms with E-state index >= 15 is 0 Å². The molecular formula is C19H24N4O4. The zero-order valence-corrected chi connectivity index (χ0v) is 15.6. The first-order valence-electron chi connectivity index (χ1n) is 8.87. The van der Waals surface area contributed by atoms with Gasteiger partial charge in [0.15, 0.2) is 0 Å². The smallest absolute Gasteiger partial charge is 0.244 e. The third-order valence-corrected chi connectivity index (χ3v) is 4.78. The highest BCUT2D eigenvalue weighted by Crippen LogP contribution is 2.20. The molecule has 0 unspecified atom stereocenters. The number of benzene rings is 1. The number of carbonyl (C=O) groups is 1. The topological polar surface area (TPSA) is 87.9 Å². The molecule has 27 heavy (non-hydrogen) atoms. The number of hydrogen-bond acceptors (Lipinski definition) is 6. The average molecular weight is 372 g/mol. The predicted molar refractivity (Wildman–Crippen MR) is 101 cm³/mol. The van der Waals surface area contributed by atoms with Gasteiger partial charge in [-0.3, -0.25) is 14.3 Å². The lowest BCUT2D eigenvalue weighted by Gasteiger charge is -2.36. The number of ether oxygens (including phenoxy) is 1. The third-order valence-electron chi connectivity index (χ3n) is 4.78. The molecule has 8 nitrogen and oxygen atoms in total. The van der Waals surface area contributed by atoms with Crippen LogP contribution in [0.2, 0.25) is 0 Å². The molecule has 0 bridgehead atoms. The third kappa shape index (κ3) is 4.28. The van der Waals surface area contributed by atoms with E-state index in [0.29, 0.717) is 18.8 Å². The predicted octanol–water partition coefficient (Wildman–Crippen LogP) is 0.401. The average Bonchev–Trinajstić information content (AvgIpc) is 2.70. The van der Waals surface area contributed by atoms with E-state index in [2.05, 4.69) is 10.00 Å². The van der Waals surface area contributed by atoms with E-state index in [1.165, 1.54) is 10.7 Å². The summed E-state index contributed by atoms with van der Waals surface area (Å²) in [5, 5.41) is 13.3. The van der Waals surface area contributed by atoms with E-state index in [1.54, 1.807) is 18.9 Å². The van der Waals surface area contributed by atoms with Crippen molar-refractivity contribution in [3.63, 3.8) is 0 Å². The van der Waals surface area contributed by atoms with Crippen LogP contribution in [0.1, 0.15) is 11.4 Å². The van der Waals surface area contributed by atoms with Gasteiger partial charge in [0.2, 0.25) is 11.3 Å². The minimum Gasteiger partial charge on any atom is -0.497 e. The Labute approximate surface area is 157 Å². The molecule has 0 saturated carbocycles. The van der Waals surface area contributed by atoms with E-state index in [-0.39, 0.29) is 23.6 Å². The number of aliphatic hydroxyl groups is 1. The van der Waals surface area contributed by atoms with Crippen LogP contribution in [0.4, 0.5) is 5.69 Å². The zero-order chi connectivity index (χ0) is 19.4. The quantitative estimate of drug-likeness (QED) is 0.818. The van der Waals surface area contributed by atoms with Gasteiger partial charge in [-0.1, -0.05) is 0 Å². The number of aromatic nitrogens is 2. The molecule has 1 fully saturated rings. The SMILES string of the molecule is COc1ccc(N2CCN(C(=O)Cn3nc(CO)c(=O)cc3C)CC2)cc1. The van der Waals surface area contributed by atoms with Gasteiger partial charge in [0.1, 0.15) is 18.0 Å². The summed E-state index contributed by atoms with van der Waals surface area (Å²) in [5.41, 5.74) is 1.44. The maximum absolute atomic E-state index is 12.6. The molecule has 2 heterocycles. The summed E-state index contributed by atoms with van der Waals surface area (Å²) >= 11 is 0. The monoisotopic (exact) mass is 372 g/mol. The highest BCUT2D eigenvalue weighted by atomic mass is 16.5. The minimum absolute atomic E-state index is 0.0486. The van der Waals surface area contributed by atoms with Gasteiger partial charge >= 0.3 is 0 Å². The van der Waals surface area contributed by atoms with Crippen LogP contribution < -0.4 is 15.1 Å². The standard InChI is InChI=1S/C19H24N4O4/c1-14-11-18(25)17(13-24)20-23(14)12-19(26)22-9-7-21(8-10-22)15-3-5-16(27-2)6-4-15/h3-6,11,24H,7-10,12-13H2,1-2H3. The molecule has 1 aliphatic rings. The van der Waals surface area contributed by atoms with Crippen LogP contribution in [0, 0.1) is 6.92 Å². The van der Waals surface area contributed by atoms with Gasteiger partial charge in [0.25, 0.3) is 0 Å². The molecule has 0 atom stereocenters. The van der Waals surface area contributed by atoms with Gasteiger partial charge < -0.3 is 19.6 Å². The highest BCUT2D eigenvalue weighted by Gasteiger charge is 2.22. The Bertz CT molecular complexity index is 855. The number of carbonyl (C=O) groups excluding carboxylic acids is 1. The molecule has 3 rings (SSSR count). The second-order valence-electron chi connectivity index (χ2n) is 6.48. The van der Waals surface area contributed by atoms with Gasteiger partial charge in [0.05, 0.1) is 13.7 Å². The lowest BCUT2D eigenvalue weighted by Crippen LogP contribution is -2.49. The number of piperazine rings is 1. The lowest BCUT2D eigenvalue weighted by molar-refractivity contribution is -0.132. The van der Waals surface area contributed by atoms with E-state index in [0.717, 1.165) is 24.5 Å². The molecule has 1 saturated heterocycles. The number of rotatable bonds is 5. The normalized spacial score (nSPS) is 14.3. The van der Waals surface area contributed by atoms with Crippen molar-refractivity contribution in [2.45, 2.75) is 20.1 Å². The summed E-state index contributed by atoms with van der Waals surface area (Å²) in [6.07, 6.45) is 0. The Morgan fingerprint density at radius 2 is 1.85 bits per heavy atom. The van der Waals surface area contributed by atoms with Crippen LogP contribution in [0.3, 0.4) is 0 Å². The first-order valence-corrected chi connectivity index (χ1v) is 8.87. The highest BCUT2D eigenvalue weighted by molar-refractivity contribution is 5.76. The van der Waals surface area contributed by atoms with Crippen LogP contribution in [0.5, 0.6) is 5.75 Å². The Balaban J connectivity index is 1.61. The summed E-state index contributed by atoms with van der Waals surface area (Å²) in [5.74, 6) is 0.770. The number of methoxy groups -OCH3 is 1. The maximum atomic E-state index is 12.6. The van der Waals surface area contributed by atoms with E-state index in [9.17, 15) is 14.7 Å². The Kier molecular flexibility index (Phi) is 5.75. The number of aliphatic hydroxyl groups excluding tert-OH is 1. The van der Waals surface area contributed by atoms with Gasteiger partial charge in [-0.2, -0.15) is 5.10 Å². The number of anilines is 1. The fourth-order valence-corrected chi connectivity index (χ4v) is 3.13. The molecule has 1 N–H and O–H groups in total. The Hall–Kier alpha value is -2.87. The zero-order valence-electron chi connectivity index (χ0n) is 15.6. The second kappa shape index (κ2) is 8.22. The van der Waals surface area contributed by atoms with Crippen LogP contribution >= 0.6 is 0 Å². The molecular weight excluding hydrogens is 348 g/mol. The van der Waals surface area contributed by atoms with Crippen LogP contribution in [-0.4, -0.2) is 59.0 Å². The number of nitrogens with zero attached hydrogens (tertiary/aromatic N) is 4. The molecule has 1 amide bonds. The van der Waals surface area contributed by atoms with E-state index < -0.39 is 6.61 Å². The van der Waals surface area contributed by atoms with E-state index in [4.69, 9.17) is 4.74 Å². The molecule has 1 aromatic carbocycles. The fourth-order valence-electron chi connectivity index (χ4n) is 3.13. The van der Waals surface area contributed by atoms with Crippen molar-refractivity contribution in [1.29, 1.82) is 0 Å². The van der Waals surface area contributed by atoms with Gasteiger partial charge in [-0.15, -0.1) is 0 Å². The Morgan fingerprint density at radius 3 is 2.44 bits per heavy atom. The van der Waals surface area contributed by atoms with Crippen molar-refractivity contribution in [2.75, 3.05) is 38.2 Å². The van der Waals surface area contributed by atoms with Gasteiger partial charge in [0, 0.05) is 43.6 Å². The van der Waals surface area contributed by atoms with Crippen molar-refractivity contribution in [1.82, 2.24) is 14.7 Å². The summed E-state index contributed by atoms with van der Waals surface area (Å²) in [7, 11) is 1.64. The Morgan fingerprint density at radius 1 is 1.19 bits per heavy atom. The molecule has 8 heteroatoms. The van der Waals surface area contributed by atoms with E-state index in [1.807, 2.05) is 24.3 Å². The molecule has 0 radical (unpaired) electrons.